The van der Waals surface area contributed by atoms with E-state index in [-0.39, 0.29) is 17.7 Å². The van der Waals surface area contributed by atoms with Gasteiger partial charge in [-0.1, -0.05) is 18.2 Å². The van der Waals surface area contributed by atoms with Gasteiger partial charge in [-0.3, -0.25) is 4.98 Å². The van der Waals surface area contributed by atoms with E-state index in [2.05, 4.69) is 11.1 Å². The average molecular weight is 290 g/mol. The molecule has 4 nitrogen and oxygen atoms in total. The van der Waals surface area contributed by atoms with E-state index in [0.29, 0.717) is 12.2 Å². The van der Waals surface area contributed by atoms with Crippen molar-refractivity contribution in [2.24, 2.45) is 11.7 Å². The molecule has 106 valence electrons. The lowest BCUT2D eigenvalue weighted by atomic mass is 9.95. The highest BCUT2D eigenvalue weighted by molar-refractivity contribution is 7.91. The Bertz CT molecular complexity index is 727. The van der Waals surface area contributed by atoms with Crippen molar-refractivity contribution in [3.05, 3.63) is 42.1 Å². The summed E-state index contributed by atoms with van der Waals surface area (Å²) < 4.78 is 23.0. The van der Waals surface area contributed by atoms with Gasteiger partial charge >= 0.3 is 0 Å². The Kier molecular flexibility index (Phi) is 3.48. The van der Waals surface area contributed by atoms with E-state index < -0.39 is 9.84 Å². The molecule has 2 aromatic rings. The number of pyridine rings is 1. The van der Waals surface area contributed by atoms with Gasteiger partial charge in [0.05, 0.1) is 17.0 Å². The van der Waals surface area contributed by atoms with Crippen LogP contribution in [0, 0.1) is 5.92 Å². The van der Waals surface area contributed by atoms with Crippen LogP contribution in [0.3, 0.4) is 0 Å². The summed E-state index contributed by atoms with van der Waals surface area (Å²) >= 11 is 0. The first-order valence-electron chi connectivity index (χ1n) is 6.84. The summed E-state index contributed by atoms with van der Waals surface area (Å²) in [6.07, 6.45) is 3.24. The minimum atomic E-state index is -2.83. The summed E-state index contributed by atoms with van der Waals surface area (Å²) in [7, 11) is -2.83. The third-order valence-corrected chi connectivity index (χ3v) is 5.79. The van der Waals surface area contributed by atoms with Crippen LogP contribution in [0.2, 0.25) is 0 Å². The molecule has 1 saturated heterocycles. The van der Waals surface area contributed by atoms with Crippen LogP contribution in [-0.2, 0) is 9.84 Å². The predicted molar refractivity (Wildman–Crippen MR) is 80.0 cm³/mol. The van der Waals surface area contributed by atoms with Gasteiger partial charge in [0.1, 0.15) is 0 Å². The van der Waals surface area contributed by atoms with Crippen molar-refractivity contribution in [1.29, 1.82) is 0 Å². The summed E-state index contributed by atoms with van der Waals surface area (Å²) in [6, 6.07) is 9.81. The van der Waals surface area contributed by atoms with Crippen molar-refractivity contribution in [2.45, 2.75) is 18.9 Å². The van der Waals surface area contributed by atoms with E-state index >= 15 is 0 Å². The Hall–Kier alpha value is -1.46. The molecule has 2 N–H and O–H groups in total. The van der Waals surface area contributed by atoms with Crippen LogP contribution in [0.25, 0.3) is 10.9 Å². The number of nitrogens with zero attached hydrogens (tertiary/aromatic N) is 1. The molecule has 0 saturated carbocycles. The Labute approximate surface area is 118 Å². The number of hydrogen-bond acceptors (Lipinski definition) is 4. The Morgan fingerprint density at radius 3 is 2.90 bits per heavy atom. The first-order valence-corrected chi connectivity index (χ1v) is 8.66. The second-order valence-corrected chi connectivity index (χ2v) is 7.80. The smallest absolute Gasteiger partial charge is 0.150 e. The third-order valence-electron chi connectivity index (χ3n) is 3.95. The summed E-state index contributed by atoms with van der Waals surface area (Å²) in [4.78, 5) is 4.41. The zero-order valence-corrected chi connectivity index (χ0v) is 12.0. The van der Waals surface area contributed by atoms with E-state index in [1.807, 2.05) is 24.3 Å². The van der Waals surface area contributed by atoms with Crippen LogP contribution in [0.4, 0.5) is 0 Å². The van der Waals surface area contributed by atoms with E-state index in [1.54, 1.807) is 6.20 Å². The molecule has 0 spiro atoms. The van der Waals surface area contributed by atoms with Crippen molar-refractivity contribution in [1.82, 2.24) is 4.98 Å². The molecule has 0 aliphatic carbocycles. The fraction of sp³-hybridized carbons (Fsp3) is 0.400. The minimum absolute atomic E-state index is 0.148. The monoisotopic (exact) mass is 290 g/mol. The summed E-state index contributed by atoms with van der Waals surface area (Å²) in [6.45, 7) is 0. The van der Waals surface area contributed by atoms with Gasteiger partial charge in [0, 0.05) is 17.6 Å². The highest BCUT2D eigenvalue weighted by Gasteiger charge is 2.29. The molecule has 1 aromatic carbocycles. The zero-order chi connectivity index (χ0) is 14.2. The molecule has 1 aliphatic heterocycles. The number of benzene rings is 1. The van der Waals surface area contributed by atoms with E-state index in [9.17, 15) is 8.42 Å². The predicted octanol–water partition coefficient (Wildman–Crippen LogP) is 2.06. The normalized spacial score (nSPS) is 22.9. The quantitative estimate of drug-likeness (QED) is 0.939. The Morgan fingerprint density at radius 1 is 1.35 bits per heavy atom. The molecule has 1 fully saturated rings. The number of nitrogens with two attached hydrogens (primary N) is 1. The lowest BCUT2D eigenvalue weighted by Gasteiger charge is -2.16. The largest absolute Gasteiger partial charge is 0.324 e. The molecule has 0 amide bonds. The van der Waals surface area contributed by atoms with Crippen LogP contribution in [0.1, 0.15) is 24.4 Å². The van der Waals surface area contributed by atoms with Gasteiger partial charge in [-0.2, -0.15) is 0 Å². The topological polar surface area (TPSA) is 73.1 Å². The van der Waals surface area contributed by atoms with Crippen molar-refractivity contribution in [3.8, 4) is 0 Å². The molecule has 0 bridgehead atoms. The van der Waals surface area contributed by atoms with Crippen LogP contribution >= 0.6 is 0 Å². The van der Waals surface area contributed by atoms with Crippen LogP contribution < -0.4 is 5.73 Å². The molecule has 3 rings (SSSR count). The van der Waals surface area contributed by atoms with Crippen LogP contribution in [-0.4, -0.2) is 24.9 Å². The number of fused-ring (bicyclic) bond motifs is 1. The summed E-state index contributed by atoms with van der Waals surface area (Å²) in [5.74, 6) is 0.767. The number of sulfone groups is 1. The van der Waals surface area contributed by atoms with Gasteiger partial charge in [0.15, 0.2) is 9.84 Å². The van der Waals surface area contributed by atoms with Gasteiger partial charge in [0.2, 0.25) is 0 Å². The van der Waals surface area contributed by atoms with E-state index in [4.69, 9.17) is 5.73 Å². The van der Waals surface area contributed by atoms with Gasteiger partial charge in [-0.15, -0.1) is 0 Å². The Morgan fingerprint density at radius 2 is 2.15 bits per heavy atom. The van der Waals surface area contributed by atoms with E-state index in [1.165, 1.54) is 0 Å². The third kappa shape index (κ3) is 2.83. The standard InChI is InChI=1S/C15H18N2O2S/c16-14(7-11-5-6-20(18,19)10-11)13-8-12-3-1-2-4-15(12)17-9-13/h1-4,8-9,11,14H,5-7,10,16H2. The second kappa shape index (κ2) is 5.14. The maximum absolute atomic E-state index is 11.5. The highest BCUT2D eigenvalue weighted by Crippen LogP contribution is 2.28. The van der Waals surface area contributed by atoms with Crippen molar-refractivity contribution in [3.63, 3.8) is 0 Å². The van der Waals surface area contributed by atoms with Crippen LogP contribution in [0.15, 0.2) is 36.5 Å². The number of para-hydroxylation sites is 1. The molecule has 2 heterocycles. The first-order chi connectivity index (χ1) is 9.53. The SMILES string of the molecule is NC(CC1CCS(=O)(=O)C1)c1cnc2ccccc2c1. The summed E-state index contributed by atoms with van der Waals surface area (Å²) in [5.41, 5.74) is 8.15. The lowest BCUT2D eigenvalue weighted by molar-refractivity contribution is 0.481. The molecule has 0 radical (unpaired) electrons. The molecule has 20 heavy (non-hydrogen) atoms. The molecule has 2 atom stereocenters. The van der Waals surface area contributed by atoms with Crippen molar-refractivity contribution < 1.29 is 8.42 Å². The maximum atomic E-state index is 11.5. The molecule has 2 unspecified atom stereocenters. The number of hydrogen-bond donors (Lipinski definition) is 1. The molecule has 1 aromatic heterocycles. The zero-order valence-electron chi connectivity index (χ0n) is 11.2. The van der Waals surface area contributed by atoms with Crippen LogP contribution in [0.5, 0.6) is 0 Å². The first kappa shape index (κ1) is 13.5. The Balaban J connectivity index is 1.77. The van der Waals surface area contributed by atoms with Gasteiger partial charge in [0.25, 0.3) is 0 Å². The second-order valence-electron chi connectivity index (χ2n) is 5.57. The fourth-order valence-electron chi connectivity index (χ4n) is 2.84. The van der Waals surface area contributed by atoms with Crippen molar-refractivity contribution in [2.75, 3.05) is 11.5 Å². The minimum Gasteiger partial charge on any atom is -0.324 e. The highest BCUT2D eigenvalue weighted by atomic mass is 32.2. The average Bonchev–Trinajstić information content (AvgIpc) is 2.77. The molecular weight excluding hydrogens is 272 g/mol. The van der Waals surface area contributed by atoms with E-state index in [0.717, 1.165) is 22.9 Å². The van der Waals surface area contributed by atoms with Gasteiger partial charge in [-0.25, -0.2) is 8.42 Å². The molecule has 5 heteroatoms. The van der Waals surface area contributed by atoms with Gasteiger partial charge < -0.3 is 5.73 Å². The lowest BCUT2D eigenvalue weighted by Crippen LogP contribution is -2.16. The summed E-state index contributed by atoms with van der Waals surface area (Å²) in [5, 5.41) is 1.07. The van der Waals surface area contributed by atoms with Crippen molar-refractivity contribution >= 4 is 20.7 Å². The number of rotatable bonds is 3. The molecule has 1 aliphatic rings. The maximum Gasteiger partial charge on any atom is 0.150 e. The molecular formula is C15H18N2O2S. The fourth-order valence-corrected chi connectivity index (χ4v) is 4.72. The number of aromatic nitrogens is 1. The van der Waals surface area contributed by atoms with Gasteiger partial charge in [-0.05, 0) is 36.5 Å².